The lowest BCUT2D eigenvalue weighted by Crippen LogP contribution is -2.50. The average molecular weight is 405 g/mol. The Hall–Kier alpha value is -1.92. The maximum atomic E-state index is 13.6. The molecule has 4 aliphatic rings. The molecule has 29 heavy (non-hydrogen) atoms. The van der Waals surface area contributed by atoms with Crippen molar-refractivity contribution in [3.8, 4) is 0 Å². The number of cyclic esters (lactones) is 1. The molecule has 2 bridgehead atoms. The first-order valence-electron chi connectivity index (χ1n) is 11.1. The molecular weight excluding hydrogens is 374 g/mol. The third kappa shape index (κ3) is 3.36. The second-order valence-corrected chi connectivity index (χ2v) is 9.27. The van der Waals surface area contributed by atoms with Crippen LogP contribution in [0.25, 0.3) is 0 Å². The number of hydrogen-bond donors (Lipinski definition) is 0. The van der Waals surface area contributed by atoms with Gasteiger partial charge in [0.1, 0.15) is 18.0 Å². The number of hydrogen-bond acceptors (Lipinski definition) is 6. The molecule has 4 heterocycles. The van der Waals surface area contributed by atoms with Crippen LogP contribution in [0.2, 0.25) is 0 Å². The maximum Gasteiger partial charge on any atom is 0.309 e. The first kappa shape index (κ1) is 20.4. The molecule has 0 unspecified atom stereocenters. The van der Waals surface area contributed by atoms with Crippen LogP contribution in [-0.2, 0) is 28.7 Å². The molecule has 0 aliphatic carbocycles. The summed E-state index contributed by atoms with van der Waals surface area (Å²) in [5.41, 5.74) is 0. The molecule has 160 valence electrons. The van der Waals surface area contributed by atoms with E-state index in [-0.39, 0.29) is 47.8 Å². The molecule has 0 N–H and O–H groups in total. The van der Waals surface area contributed by atoms with Crippen LogP contribution in [0, 0.1) is 29.6 Å². The highest BCUT2D eigenvalue weighted by Crippen LogP contribution is 2.43. The van der Waals surface area contributed by atoms with Crippen LogP contribution in [0.5, 0.6) is 0 Å². The smallest absolute Gasteiger partial charge is 0.309 e. The predicted octanol–water partition coefficient (Wildman–Crippen LogP) is 2.11. The van der Waals surface area contributed by atoms with Gasteiger partial charge in [-0.25, -0.2) is 0 Å². The van der Waals surface area contributed by atoms with E-state index in [0.29, 0.717) is 19.4 Å². The number of Topliss-reactive ketones (excluding diaryl/α,β-unsaturated/α-hetero) is 1. The van der Waals surface area contributed by atoms with Crippen LogP contribution in [0.3, 0.4) is 0 Å². The van der Waals surface area contributed by atoms with Crippen LogP contribution in [0.1, 0.15) is 59.3 Å². The van der Waals surface area contributed by atoms with E-state index in [1.54, 1.807) is 6.92 Å². The summed E-state index contributed by atoms with van der Waals surface area (Å²) < 4.78 is 11.3. The van der Waals surface area contributed by atoms with E-state index in [2.05, 4.69) is 0 Å². The number of carbonyl (C=O) groups excluding carboxylic acids is 4. The lowest BCUT2D eigenvalue weighted by atomic mass is 9.74. The van der Waals surface area contributed by atoms with Gasteiger partial charge >= 0.3 is 11.9 Å². The van der Waals surface area contributed by atoms with Gasteiger partial charge < -0.3 is 14.4 Å². The van der Waals surface area contributed by atoms with Crippen molar-refractivity contribution in [2.45, 2.75) is 77.5 Å². The summed E-state index contributed by atoms with van der Waals surface area (Å²) in [4.78, 5) is 53.3. The Morgan fingerprint density at radius 2 is 1.79 bits per heavy atom. The zero-order valence-corrected chi connectivity index (χ0v) is 17.5. The number of rotatable bonds is 2. The van der Waals surface area contributed by atoms with E-state index < -0.39 is 30.1 Å². The van der Waals surface area contributed by atoms with Crippen LogP contribution >= 0.6 is 0 Å². The molecular formula is C22H31NO6. The van der Waals surface area contributed by atoms with Crippen molar-refractivity contribution in [3.05, 3.63) is 0 Å². The first-order valence-corrected chi connectivity index (χ1v) is 11.1. The van der Waals surface area contributed by atoms with Crippen molar-refractivity contribution < 1.29 is 28.7 Å². The summed E-state index contributed by atoms with van der Waals surface area (Å²) >= 11 is 0. The van der Waals surface area contributed by atoms with Gasteiger partial charge in [-0.3, -0.25) is 19.2 Å². The molecule has 8 atom stereocenters. The van der Waals surface area contributed by atoms with Gasteiger partial charge in [0.25, 0.3) is 0 Å². The van der Waals surface area contributed by atoms with Crippen molar-refractivity contribution in [1.82, 2.24) is 4.90 Å². The highest BCUT2D eigenvalue weighted by molar-refractivity contribution is 5.91. The average Bonchev–Trinajstić information content (AvgIpc) is 3.09. The van der Waals surface area contributed by atoms with Crippen molar-refractivity contribution in [3.63, 3.8) is 0 Å². The molecule has 0 spiro atoms. The van der Waals surface area contributed by atoms with Crippen LogP contribution in [0.4, 0.5) is 0 Å². The Balaban J connectivity index is 1.76. The molecule has 0 aromatic heterocycles. The van der Waals surface area contributed by atoms with E-state index in [4.69, 9.17) is 9.47 Å². The van der Waals surface area contributed by atoms with Crippen molar-refractivity contribution in [1.29, 1.82) is 0 Å². The SMILES string of the molecule is CC[C@H]1[C@@H]2OC(=O)[C@@H](C)[C@@H]2C(=O)C[C@@H]([C@@H]2C[C@H](C)C(=O)O2)N2CCCC[C@@H]1C2=O. The summed E-state index contributed by atoms with van der Waals surface area (Å²) in [6, 6.07) is -0.455. The van der Waals surface area contributed by atoms with Gasteiger partial charge in [0.05, 0.1) is 23.8 Å². The van der Waals surface area contributed by atoms with E-state index in [9.17, 15) is 19.2 Å². The van der Waals surface area contributed by atoms with Crippen molar-refractivity contribution in [2.75, 3.05) is 6.54 Å². The minimum Gasteiger partial charge on any atom is -0.461 e. The van der Waals surface area contributed by atoms with Gasteiger partial charge in [0.15, 0.2) is 0 Å². The molecule has 0 saturated carbocycles. The molecule has 0 aromatic carbocycles. The van der Waals surface area contributed by atoms with Crippen LogP contribution in [-0.4, -0.2) is 53.3 Å². The summed E-state index contributed by atoms with van der Waals surface area (Å²) in [5, 5.41) is 0. The van der Waals surface area contributed by atoms with Gasteiger partial charge in [-0.05, 0) is 25.7 Å². The Bertz CT molecular complexity index is 720. The second kappa shape index (κ2) is 7.73. The molecule has 0 aromatic rings. The van der Waals surface area contributed by atoms with Crippen LogP contribution in [0.15, 0.2) is 0 Å². The van der Waals surface area contributed by atoms with Crippen molar-refractivity contribution in [2.24, 2.45) is 29.6 Å². The zero-order valence-electron chi connectivity index (χ0n) is 17.5. The Labute approximate surface area is 171 Å². The normalized spacial score (nSPS) is 43.1. The summed E-state index contributed by atoms with van der Waals surface area (Å²) in [6.45, 7) is 6.15. The fourth-order valence-corrected chi connectivity index (χ4v) is 5.91. The first-order chi connectivity index (χ1) is 13.8. The number of carbonyl (C=O) groups is 4. The Morgan fingerprint density at radius 3 is 2.45 bits per heavy atom. The maximum absolute atomic E-state index is 13.6. The summed E-state index contributed by atoms with van der Waals surface area (Å²) in [6.07, 6.45) is 2.84. The lowest BCUT2D eigenvalue weighted by Gasteiger charge is -2.36. The van der Waals surface area contributed by atoms with Gasteiger partial charge in [-0.1, -0.05) is 27.2 Å². The fraction of sp³-hybridized carbons (Fsp3) is 0.818. The molecule has 4 rings (SSSR count). The number of esters is 2. The molecule has 1 amide bonds. The monoisotopic (exact) mass is 405 g/mol. The minimum absolute atomic E-state index is 0.0269. The van der Waals surface area contributed by atoms with Crippen LogP contribution < -0.4 is 0 Å². The Kier molecular flexibility index (Phi) is 5.42. The van der Waals surface area contributed by atoms with E-state index in [1.165, 1.54) is 0 Å². The van der Waals surface area contributed by atoms with E-state index in [1.807, 2.05) is 18.7 Å². The minimum atomic E-state index is -0.535. The molecule has 7 nitrogen and oxygen atoms in total. The standard InChI is InChI=1S/C22H31NO6/c1-4-13-14-7-5-6-8-23(20(14)25)15(17-9-11(2)21(26)28-17)10-16(24)18-12(3)22(27)29-19(13)18/h11-15,17-19H,4-10H2,1-3H3/t11-,12-,13+,14-,15-,17-,18+,19-/m0/s1. The van der Waals surface area contributed by atoms with Gasteiger partial charge in [-0.15, -0.1) is 0 Å². The third-order valence-electron chi connectivity index (χ3n) is 7.56. The second-order valence-electron chi connectivity index (χ2n) is 9.27. The van der Waals surface area contributed by atoms with Gasteiger partial charge in [0.2, 0.25) is 5.91 Å². The number of ether oxygens (including phenoxy) is 2. The molecule has 7 heteroatoms. The fourth-order valence-electron chi connectivity index (χ4n) is 5.91. The summed E-state index contributed by atoms with van der Waals surface area (Å²) in [7, 11) is 0. The van der Waals surface area contributed by atoms with E-state index >= 15 is 0 Å². The topological polar surface area (TPSA) is 90.0 Å². The molecule has 4 fully saturated rings. The highest BCUT2D eigenvalue weighted by atomic mass is 16.6. The molecule has 4 saturated heterocycles. The molecule has 4 aliphatic heterocycles. The number of amides is 1. The Morgan fingerprint density at radius 1 is 1.03 bits per heavy atom. The highest BCUT2D eigenvalue weighted by Gasteiger charge is 2.55. The third-order valence-corrected chi connectivity index (χ3v) is 7.56. The van der Waals surface area contributed by atoms with Crippen molar-refractivity contribution >= 4 is 23.6 Å². The number of nitrogens with zero attached hydrogens (tertiary/aromatic N) is 1. The predicted molar refractivity (Wildman–Crippen MR) is 102 cm³/mol. The van der Waals surface area contributed by atoms with E-state index in [0.717, 1.165) is 19.3 Å². The largest absolute Gasteiger partial charge is 0.461 e. The lowest BCUT2D eigenvalue weighted by molar-refractivity contribution is -0.153. The van der Waals surface area contributed by atoms with Gasteiger partial charge in [0, 0.05) is 24.8 Å². The number of ketones is 1. The summed E-state index contributed by atoms with van der Waals surface area (Å²) in [5.74, 6) is -2.32. The number of fused-ring (bicyclic) bond motifs is 3. The molecule has 0 radical (unpaired) electrons. The zero-order chi connectivity index (χ0) is 20.9. The quantitative estimate of drug-likeness (QED) is 0.654. The van der Waals surface area contributed by atoms with Gasteiger partial charge in [-0.2, -0.15) is 0 Å².